The molecule has 0 radical (unpaired) electrons. The van der Waals surface area contributed by atoms with Crippen molar-refractivity contribution < 1.29 is 24.5 Å². The van der Waals surface area contributed by atoms with Crippen molar-refractivity contribution in [3.05, 3.63) is 0 Å². The van der Waals surface area contributed by atoms with E-state index in [-0.39, 0.29) is 6.42 Å². The zero-order valence-electron chi connectivity index (χ0n) is 11.9. The van der Waals surface area contributed by atoms with Crippen molar-refractivity contribution in [1.82, 2.24) is 10.1 Å². The van der Waals surface area contributed by atoms with Crippen LogP contribution in [0, 0.1) is 5.69 Å². The van der Waals surface area contributed by atoms with Gasteiger partial charge in [-0.15, -0.1) is 10.2 Å². The van der Waals surface area contributed by atoms with Crippen LogP contribution in [0.1, 0.15) is 26.2 Å². The standard InChI is InChI=1S/C12H25FN2O4S/c1-4-5-6-14-15(13)20(2,3)11-7-9(17)12(18)10(8-16)19-11/h2,9-12,14,16-18H,4-8H2,1,3H3/t9?,10?,11-,12+/m1/s1. The second-order valence-corrected chi connectivity index (χ2v) is 7.94. The number of aliphatic hydroxyl groups excluding tert-OH is 3. The number of ether oxygens (including phenoxy) is 1. The van der Waals surface area contributed by atoms with Gasteiger partial charge >= 0.3 is 0 Å². The molecule has 0 aromatic heterocycles. The predicted molar refractivity (Wildman–Crippen MR) is 76.7 cm³/mol. The number of nitrogens with zero attached hydrogens (tertiary/aromatic N) is 1. The van der Waals surface area contributed by atoms with Crippen LogP contribution in [0.25, 0.3) is 0 Å². The number of aliphatic hydroxyl groups is 3. The summed E-state index contributed by atoms with van der Waals surface area (Å²) in [5, 5.41) is 28.5. The third-order valence-corrected chi connectivity index (χ3v) is 5.55. The summed E-state index contributed by atoms with van der Waals surface area (Å²) in [6.07, 6.45) is 0.0310. The van der Waals surface area contributed by atoms with E-state index in [2.05, 4.69) is 5.43 Å². The van der Waals surface area contributed by atoms with Gasteiger partial charge in [-0.1, -0.05) is 23.0 Å². The van der Waals surface area contributed by atoms with Crippen LogP contribution in [-0.4, -0.2) is 63.1 Å². The van der Waals surface area contributed by atoms with Crippen molar-refractivity contribution in [2.24, 2.45) is 0 Å². The highest BCUT2D eigenvalue weighted by molar-refractivity contribution is 8.21. The Morgan fingerprint density at radius 1 is 1.50 bits per heavy atom. The number of unbranched alkanes of at least 4 members (excludes halogenated alkanes) is 1. The molecule has 1 rings (SSSR count). The maximum atomic E-state index is 14.1. The normalized spacial score (nSPS) is 34.1. The highest BCUT2D eigenvalue weighted by Crippen LogP contribution is 2.43. The molecular weight excluding hydrogens is 287 g/mol. The van der Waals surface area contributed by atoms with Crippen LogP contribution in [0.15, 0.2) is 0 Å². The first-order valence-electron chi connectivity index (χ1n) is 6.71. The molecule has 8 heteroatoms. The molecule has 6 nitrogen and oxygen atoms in total. The van der Waals surface area contributed by atoms with E-state index in [9.17, 15) is 14.7 Å². The van der Waals surface area contributed by atoms with Crippen LogP contribution < -0.4 is 5.43 Å². The lowest BCUT2D eigenvalue weighted by atomic mass is 10.0. The number of hydrogen-bond acceptors (Lipinski definition) is 6. The van der Waals surface area contributed by atoms with Crippen LogP contribution in [0.2, 0.25) is 0 Å². The van der Waals surface area contributed by atoms with Gasteiger partial charge in [-0.25, -0.2) is 5.43 Å². The Balaban J connectivity index is 2.69. The van der Waals surface area contributed by atoms with Gasteiger partial charge in [0, 0.05) is 13.0 Å². The van der Waals surface area contributed by atoms with Crippen LogP contribution in [-0.2, 0) is 4.74 Å². The Morgan fingerprint density at radius 2 is 2.15 bits per heavy atom. The molecule has 0 bridgehead atoms. The summed E-state index contributed by atoms with van der Waals surface area (Å²) in [6.45, 7) is 1.99. The average Bonchev–Trinajstić information content (AvgIpc) is 2.41. The van der Waals surface area contributed by atoms with E-state index in [0.717, 1.165) is 12.8 Å². The summed E-state index contributed by atoms with van der Waals surface area (Å²) < 4.78 is 19.9. The third kappa shape index (κ3) is 4.16. The molecule has 4 N–H and O–H groups in total. The molecular formula is C12H25FN2O4S. The minimum absolute atomic E-state index is 0.0237. The summed E-state index contributed by atoms with van der Waals surface area (Å²) in [6, 6.07) is 0. The van der Waals surface area contributed by atoms with Crippen molar-refractivity contribution in [1.29, 1.82) is 0 Å². The molecule has 0 aromatic carbocycles. The van der Waals surface area contributed by atoms with Crippen molar-refractivity contribution in [3.8, 4) is 5.69 Å². The van der Waals surface area contributed by atoms with Gasteiger partial charge < -0.3 is 20.1 Å². The lowest BCUT2D eigenvalue weighted by Crippen LogP contribution is -2.51. The van der Waals surface area contributed by atoms with Crippen LogP contribution >= 0.6 is 9.62 Å². The summed E-state index contributed by atoms with van der Waals surface area (Å²) in [4.78, 5) is 0. The predicted octanol–water partition coefficient (Wildman–Crippen LogP) is 0.245. The molecule has 1 aliphatic rings. The molecule has 0 aromatic rings. The Kier molecular flexibility index (Phi) is 6.90. The first-order valence-corrected chi connectivity index (χ1v) is 8.84. The summed E-state index contributed by atoms with van der Waals surface area (Å²) >= 11 is 0. The van der Waals surface area contributed by atoms with Gasteiger partial charge in [0.25, 0.3) is 0 Å². The molecule has 0 saturated carbocycles. The van der Waals surface area contributed by atoms with Gasteiger partial charge in [-0.2, -0.15) is 0 Å². The van der Waals surface area contributed by atoms with Crippen molar-refractivity contribution in [2.45, 2.75) is 49.9 Å². The zero-order chi connectivity index (χ0) is 15.3. The topological polar surface area (TPSA) is 85.2 Å². The van der Waals surface area contributed by atoms with E-state index in [1.807, 2.05) is 6.92 Å². The van der Waals surface area contributed by atoms with Crippen molar-refractivity contribution in [2.75, 3.05) is 19.4 Å². The lowest BCUT2D eigenvalue weighted by Gasteiger charge is -2.42. The fourth-order valence-corrected chi connectivity index (χ4v) is 3.49. The smallest absolute Gasteiger partial charge is 0.114 e. The van der Waals surface area contributed by atoms with E-state index >= 15 is 0 Å². The van der Waals surface area contributed by atoms with Gasteiger partial charge in [0.15, 0.2) is 0 Å². The Labute approximate surface area is 120 Å². The first kappa shape index (κ1) is 17.9. The molecule has 1 saturated heterocycles. The van der Waals surface area contributed by atoms with Gasteiger partial charge in [-0.05, 0) is 17.3 Å². The van der Waals surface area contributed by atoms with Crippen LogP contribution in [0.3, 0.4) is 0 Å². The maximum absolute atomic E-state index is 14.1. The second kappa shape index (κ2) is 7.72. The maximum Gasteiger partial charge on any atom is 0.114 e. The molecule has 1 aliphatic heterocycles. The van der Waals surface area contributed by atoms with E-state index in [0.29, 0.717) is 11.2 Å². The van der Waals surface area contributed by atoms with E-state index < -0.39 is 40.0 Å². The molecule has 1 fully saturated rings. The monoisotopic (exact) mass is 312 g/mol. The van der Waals surface area contributed by atoms with E-state index in [1.54, 1.807) is 0 Å². The highest BCUT2D eigenvalue weighted by atomic mass is 32.2. The second-order valence-electron chi connectivity index (χ2n) is 5.09. The first-order chi connectivity index (χ1) is 9.34. The summed E-state index contributed by atoms with van der Waals surface area (Å²) in [5.74, 6) is 0. The average molecular weight is 312 g/mol. The van der Waals surface area contributed by atoms with Gasteiger partial charge in [0.1, 0.15) is 17.6 Å². The zero-order valence-corrected chi connectivity index (χ0v) is 12.7. The van der Waals surface area contributed by atoms with Crippen LogP contribution in [0.5, 0.6) is 0 Å². The quantitative estimate of drug-likeness (QED) is 0.331. The molecule has 3 unspecified atom stereocenters. The number of halogens is 1. The van der Waals surface area contributed by atoms with Crippen molar-refractivity contribution in [3.63, 3.8) is 0 Å². The van der Waals surface area contributed by atoms with Crippen LogP contribution in [0.4, 0.5) is 4.48 Å². The fourth-order valence-electron chi connectivity index (χ4n) is 1.96. The number of nitrogens with one attached hydrogen (secondary N) is 1. The van der Waals surface area contributed by atoms with E-state index in [4.69, 9.17) is 15.5 Å². The SMILES string of the molecule is C#S(C)([C@@H]1CC(O)[C@H](O)C(CO)O1)N(F)NCCCC. The Bertz CT molecular complexity index is 400. The molecule has 0 aliphatic carbocycles. The molecule has 20 heavy (non-hydrogen) atoms. The number of hydrazine groups is 1. The molecule has 120 valence electrons. The molecule has 0 amide bonds. The third-order valence-electron chi connectivity index (χ3n) is 3.36. The number of rotatable bonds is 5. The van der Waals surface area contributed by atoms with Crippen molar-refractivity contribution >= 4 is 9.62 Å². The van der Waals surface area contributed by atoms with Gasteiger partial charge in [0.2, 0.25) is 0 Å². The minimum atomic E-state index is -2.49. The molecule has 1 heterocycles. The fraction of sp³-hybridized carbons (Fsp3) is 0.917. The molecule has 5 atom stereocenters. The molecule has 0 spiro atoms. The number of hydrogen-bond donors (Lipinski definition) is 4. The summed E-state index contributed by atoms with van der Waals surface area (Å²) in [7, 11) is -2.49. The lowest BCUT2D eigenvalue weighted by molar-refractivity contribution is -0.159. The minimum Gasteiger partial charge on any atom is -0.394 e. The summed E-state index contributed by atoms with van der Waals surface area (Å²) in [5.41, 5.74) is 7.81. The van der Waals surface area contributed by atoms with E-state index in [1.165, 1.54) is 6.26 Å². The Hall–Kier alpha value is -0.180. The van der Waals surface area contributed by atoms with Gasteiger partial charge in [0.05, 0.1) is 12.7 Å². The highest BCUT2D eigenvalue weighted by Gasteiger charge is 2.40. The largest absolute Gasteiger partial charge is 0.394 e. The van der Waals surface area contributed by atoms with Gasteiger partial charge in [-0.3, -0.25) is 0 Å². The Morgan fingerprint density at radius 3 is 2.70 bits per heavy atom.